The molecule has 0 fully saturated rings. The Balaban J connectivity index is 1.63. The lowest BCUT2D eigenvalue weighted by atomic mass is 10.1. The second kappa shape index (κ2) is 6.40. The molecule has 0 aliphatic carbocycles. The first kappa shape index (κ1) is 15.4. The van der Waals surface area contributed by atoms with Crippen molar-refractivity contribution in [1.29, 1.82) is 0 Å². The molecule has 0 bridgehead atoms. The predicted octanol–water partition coefficient (Wildman–Crippen LogP) is 4.05. The Morgan fingerprint density at radius 2 is 1.80 bits per heavy atom. The summed E-state index contributed by atoms with van der Waals surface area (Å²) in [5.41, 5.74) is 4.95. The fourth-order valence-corrected chi connectivity index (χ4v) is 3.26. The number of hydrogen-bond acceptors (Lipinski definition) is 3. The van der Waals surface area contributed by atoms with Crippen LogP contribution >= 0.6 is 0 Å². The van der Waals surface area contributed by atoms with Gasteiger partial charge < -0.3 is 9.80 Å². The van der Waals surface area contributed by atoms with Gasteiger partial charge in [0.25, 0.3) is 5.91 Å². The molecule has 2 aromatic carbocycles. The summed E-state index contributed by atoms with van der Waals surface area (Å²) < 4.78 is 0. The molecule has 1 aliphatic heterocycles. The number of carbonyl (C=O) groups excluding carboxylic acids is 1. The average molecular weight is 329 g/mol. The summed E-state index contributed by atoms with van der Waals surface area (Å²) in [4.78, 5) is 21.0. The molecular formula is C21H19N3O. The number of amides is 1. The third kappa shape index (κ3) is 2.87. The second-order valence-electron chi connectivity index (χ2n) is 6.16. The van der Waals surface area contributed by atoms with Gasteiger partial charge in [0.1, 0.15) is 0 Å². The summed E-state index contributed by atoms with van der Waals surface area (Å²) in [5, 5.41) is 0. The van der Waals surface area contributed by atoms with Crippen LogP contribution in [0.4, 0.5) is 17.1 Å². The average Bonchev–Trinajstić information content (AvgIpc) is 3.12. The van der Waals surface area contributed by atoms with Crippen molar-refractivity contribution in [3.8, 4) is 0 Å². The lowest BCUT2D eigenvalue weighted by molar-refractivity contribution is 0.0992. The zero-order chi connectivity index (χ0) is 17.2. The standard InChI is InChI=1S/C21H19N3O/c1-23(18-8-3-2-4-9-18)21(25)17-13-19(15-22-14-17)24-12-11-16-7-5-6-10-20(16)24/h2-10,13-15H,11-12H2,1H3. The first-order chi connectivity index (χ1) is 12.2. The van der Waals surface area contributed by atoms with E-state index in [0.717, 1.165) is 24.3 Å². The predicted molar refractivity (Wildman–Crippen MR) is 101 cm³/mol. The second-order valence-corrected chi connectivity index (χ2v) is 6.16. The van der Waals surface area contributed by atoms with Crippen LogP contribution in [-0.2, 0) is 6.42 Å². The normalized spacial score (nSPS) is 12.8. The van der Waals surface area contributed by atoms with Gasteiger partial charge in [-0.15, -0.1) is 0 Å². The van der Waals surface area contributed by atoms with Gasteiger partial charge in [-0.1, -0.05) is 36.4 Å². The highest BCUT2D eigenvalue weighted by Gasteiger charge is 2.21. The minimum Gasteiger partial charge on any atom is -0.340 e. The van der Waals surface area contributed by atoms with Gasteiger partial charge in [-0.25, -0.2) is 0 Å². The fraction of sp³-hybridized carbons (Fsp3) is 0.143. The summed E-state index contributed by atoms with van der Waals surface area (Å²) in [6.45, 7) is 0.910. The maximum atomic E-state index is 12.8. The summed E-state index contributed by atoms with van der Waals surface area (Å²) >= 11 is 0. The maximum Gasteiger partial charge on any atom is 0.259 e. The molecule has 0 saturated carbocycles. The molecule has 4 nitrogen and oxygen atoms in total. The molecule has 0 atom stereocenters. The van der Waals surface area contributed by atoms with Crippen LogP contribution in [0, 0.1) is 0 Å². The zero-order valence-electron chi connectivity index (χ0n) is 14.1. The largest absolute Gasteiger partial charge is 0.340 e. The number of nitrogens with zero attached hydrogens (tertiary/aromatic N) is 3. The molecule has 4 heteroatoms. The van der Waals surface area contributed by atoms with E-state index in [9.17, 15) is 4.79 Å². The first-order valence-electron chi connectivity index (χ1n) is 8.37. The van der Waals surface area contributed by atoms with Crippen molar-refractivity contribution in [1.82, 2.24) is 4.98 Å². The number of aromatic nitrogens is 1. The zero-order valence-corrected chi connectivity index (χ0v) is 14.1. The van der Waals surface area contributed by atoms with Gasteiger partial charge in [-0.3, -0.25) is 9.78 Å². The van der Waals surface area contributed by atoms with Crippen LogP contribution in [0.2, 0.25) is 0 Å². The lowest BCUT2D eigenvalue weighted by Crippen LogP contribution is -2.26. The first-order valence-corrected chi connectivity index (χ1v) is 8.37. The highest BCUT2D eigenvalue weighted by Crippen LogP contribution is 2.34. The molecule has 0 radical (unpaired) electrons. The van der Waals surface area contributed by atoms with Crippen LogP contribution in [0.5, 0.6) is 0 Å². The van der Waals surface area contributed by atoms with Gasteiger partial charge in [-0.05, 0) is 36.2 Å². The van der Waals surface area contributed by atoms with E-state index < -0.39 is 0 Å². The number of hydrogen-bond donors (Lipinski definition) is 0. The Hall–Kier alpha value is -3.14. The molecule has 0 spiro atoms. The van der Waals surface area contributed by atoms with Gasteiger partial charge in [0.05, 0.1) is 17.4 Å². The molecule has 0 saturated heterocycles. The number of anilines is 3. The fourth-order valence-electron chi connectivity index (χ4n) is 3.26. The Morgan fingerprint density at radius 3 is 2.64 bits per heavy atom. The minimum absolute atomic E-state index is 0.0620. The molecule has 3 aromatic rings. The van der Waals surface area contributed by atoms with Gasteiger partial charge in [0.15, 0.2) is 0 Å². The number of para-hydroxylation sites is 2. The van der Waals surface area contributed by atoms with Crippen molar-refractivity contribution in [2.45, 2.75) is 6.42 Å². The summed E-state index contributed by atoms with van der Waals surface area (Å²) in [5.74, 6) is -0.0620. The Labute approximate surface area is 147 Å². The van der Waals surface area contributed by atoms with Gasteiger partial charge >= 0.3 is 0 Å². The molecule has 2 heterocycles. The minimum atomic E-state index is -0.0620. The number of carbonyl (C=O) groups is 1. The van der Waals surface area contributed by atoms with Crippen molar-refractivity contribution in [2.75, 3.05) is 23.4 Å². The van der Waals surface area contributed by atoms with Crippen LogP contribution < -0.4 is 9.80 Å². The molecular weight excluding hydrogens is 310 g/mol. The molecule has 1 aliphatic rings. The third-order valence-electron chi connectivity index (χ3n) is 4.62. The van der Waals surface area contributed by atoms with E-state index in [2.05, 4.69) is 28.1 Å². The Morgan fingerprint density at radius 1 is 1.04 bits per heavy atom. The number of fused-ring (bicyclic) bond motifs is 1. The van der Waals surface area contributed by atoms with Crippen LogP contribution in [0.15, 0.2) is 73.1 Å². The van der Waals surface area contributed by atoms with E-state index in [-0.39, 0.29) is 5.91 Å². The smallest absolute Gasteiger partial charge is 0.259 e. The van der Waals surface area contributed by atoms with Crippen LogP contribution in [0.25, 0.3) is 0 Å². The molecule has 4 rings (SSSR count). The number of rotatable bonds is 3. The monoisotopic (exact) mass is 329 g/mol. The molecule has 1 amide bonds. The quantitative estimate of drug-likeness (QED) is 0.727. The van der Waals surface area contributed by atoms with E-state index in [4.69, 9.17) is 0 Å². The van der Waals surface area contributed by atoms with E-state index >= 15 is 0 Å². The number of pyridine rings is 1. The van der Waals surface area contributed by atoms with E-state index in [0.29, 0.717) is 5.56 Å². The van der Waals surface area contributed by atoms with Crippen molar-refractivity contribution < 1.29 is 4.79 Å². The van der Waals surface area contributed by atoms with Crippen molar-refractivity contribution in [2.24, 2.45) is 0 Å². The maximum absolute atomic E-state index is 12.8. The Bertz CT molecular complexity index is 908. The van der Waals surface area contributed by atoms with Crippen LogP contribution in [0.1, 0.15) is 15.9 Å². The summed E-state index contributed by atoms with van der Waals surface area (Å²) in [6.07, 6.45) is 4.47. The van der Waals surface area contributed by atoms with E-state index in [1.165, 1.54) is 11.3 Å². The van der Waals surface area contributed by atoms with Gasteiger partial charge in [0.2, 0.25) is 0 Å². The molecule has 0 N–H and O–H groups in total. The van der Waals surface area contributed by atoms with Crippen LogP contribution in [0.3, 0.4) is 0 Å². The molecule has 0 unspecified atom stereocenters. The number of benzene rings is 2. The van der Waals surface area contributed by atoms with Gasteiger partial charge in [-0.2, -0.15) is 0 Å². The van der Waals surface area contributed by atoms with Crippen LogP contribution in [-0.4, -0.2) is 24.5 Å². The van der Waals surface area contributed by atoms with Gasteiger partial charge in [0, 0.05) is 31.2 Å². The third-order valence-corrected chi connectivity index (χ3v) is 4.62. The summed E-state index contributed by atoms with van der Waals surface area (Å²) in [6, 6.07) is 19.9. The lowest BCUT2D eigenvalue weighted by Gasteiger charge is -2.21. The summed E-state index contributed by atoms with van der Waals surface area (Å²) in [7, 11) is 1.79. The Kier molecular flexibility index (Phi) is 3.94. The highest BCUT2D eigenvalue weighted by atomic mass is 16.2. The topological polar surface area (TPSA) is 36.4 Å². The van der Waals surface area contributed by atoms with E-state index in [1.54, 1.807) is 18.1 Å². The van der Waals surface area contributed by atoms with Crippen molar-refractivity contribution >= 4 is 23.0 Å². The SMILES string of the molecule is CN(C(=O)c1cncc(N2CCc3ccccc32)c1)c1ccccc1. The van der Waals surface area contributed by atoms with Crippen molar-refractivity contribution in [3.63, 3.8) is 0 Å². The van der Waals surface area contributed by atoms with E-state index in [1.807, 2.05) is 48.7 Å². The molecule has 25 heavy (non-hydrogen) atoms. The highest BCUT2D eigenvalue weighted by molar-refractivity contribution is 6.06. The molecule has 1 aromatic heterocycles. The molecule has 124 valence electrons. The van der Waals surface area contributed by atoms with Crippen molar-refractivity contribution in [3.05, 3.63) is 84.2 Å².